The van der Waals surface area contributed by atoms with Gasteiger partial charge in [0.25, 0.3) is 0 Å². The molecule has 1 aliphatic carbocycles. The lowest BCUT2D eigenvalue weighted by molar-refractivity contribution is -0.119. The fraction of sp³-hybridized carbons (Fsp3) is 0.400. The number of guanidine groups is 1. The van der Waals surface area contributed by atoms with Crippen molar-refractivity contribution in [2.24, 2.45) is 10.9 Å². The van der Waals surface area contributed by atoms with Crippen molar-refractivity contribution in [3.63, 3.8) is 0 Å². The zero-order valence-corrected chi connectivity index (χ0v) is 18.7. The van der Waals surface area contributed by atoms with Gasteiger partial charge >= 0.3 is 0 Å². The molecule has 1 aromatic carbocycles. The summed E-state index contributed by atoms with van der Waals surface area (Å²) in [6.45, 7) is 1.41. The fourth-order valence-corrected chi connectivity index (χ4v) is 3.83. The van der Waals surface area contributed by atoms with E-state index in [4.69, 9.17) is 0 Å². The maximum atomic E-state index is 12.3. The minimum Gasteiger partial charge on any atom is -0.352 e. The van der Waals surface area contributed by atoms with Gasteiger partial charge in [0, 0.05) is 30.1 Å². The van der Waals surface area contributed by atoms with Gasteiger partial charge < -0.3 is 16.0 Å². The monoisotopic (exact) mass is 498 g/mol. The van der Waals surface area contributed by atoms with E-state index < -0.39 is 0 Å². The molecule has 1 saturated carbocycles. The van der Waals surface area contributed by atoms with Crippen molar-refractivity contribution in [1.29, 1.82) is 0 Å². The molecule has 0 aliphatic heterocycles. The number of benzene rings is 1. The third-order valence-corrected chi connectivity index (χ3v) is 5.49. The lowest BCUT2D eigenvalue weighted by Crippen LogP contribution is -2.36. The van der Waals surface area contributed by atoms with Crippen LogP contribution in [0.2, 0.25) is 0 Å². The maximum absolute atomic E-state index is 12.3. The molecular formula is C20H27IN4OS. The first-order valence-electron chi connectivity index (χ1n) is 9.11. The SMILES string of the molecule is CN=C(NCc1cccc(NC(=O)C2CCCC2)c1)NCc1cccs1.I. The van der Waals surface area contributed by atoms with E-state index >= 15 is 0 Å². The van der Waals surface area contributed by atoms with Crippen LogP contribution in [-0.2, 0) is 17.9 Å². The molecule has 1 aromatic heterocycles. The van der Waals surface area contributed by atoms with E-state index in [0.29, 0.717) is 6.54 Å². The van der Waals surface area contributed by atoms with Crippen LogP contribution in [0.15, 0.2) is 46.8 Å². The molecule has 1 fully saturated rings. The Kier molecular flexibility index (Phi) is 9.06. The minimum absolute atomic E-state index is 0. The van der Waals surface area contributed by atoms with Gasteiger partial charge in [-0.2, -0.15) is 0 Å². The summed E-state index contributed by atoms with van der Waals surface area (Å²) in [6, 6.07) is 12.1. The zero-order chi connectivity index (χ0) is 18.2. The molecular weight excluding hydrogens is 471 g/mol. The lowest BCUT2D eigenvalue weighted by atomic mass is 10.1. The van der Waals surface area contributed by atoms with Gasteiger partial charge in [0.15, 0.2) is 5.96 Å². The molecule has 1 heterocycles. The van der Waals surface area contributed by atoms with Gasteiger partial charge in [-0.3, -0.25) is 9.79 Å². The molecule has 0 saturated heterocycles. The first kappa shape index (κ1) is 21.7. The summed E-state index contributed by atoms with van der Waals surface area (Å²) in [7, 11) is 1.77. The van der Waals surface area contributed by atoms with Gasteiger partial charge in [0.05, 0.1) is 6.54 Å². The smallest absolute Gasteiger partial charge is 0.227 e. The lowest BCUT2D eigenvalue weighted by Gasteiger charge is -2.13. The summed E-state index contributed by atoms with van der Waals surface area (Å²) in [5, 5.41) is 11.7. The highest BCUT2D eigenvalue weighted by Gasteiger charge is 2.22. The Labute approximate surface area is 182 Å². The third-order valence-electron chi connectivity index (χ3n) is 4.61. The summed E-state index contributed by atoms with van der Waals surface area (Å²) in [4.78, 5) is 17.8. The van der Waals surface area contributed by atoms with Crippen molar-refractivity contribution in [3.05, 3.63) is 52.2 Å². The van der Waals surface area contributed by atoms with E-state index in [9.17, 15) is 4.79 Å². The van der Waals surface area contributed by atoms with Gasteiger partial charge in [0.1, 0.15) is 0 Å². The molecule has 0 radical (unpaired) electrons. The van der Waals surface area contributed by atoms with E-state index in [0.717, 1.165) is 36.6 Å². The largest absolute Gasteiger partial charge is 0.352 e. The Hall–Kier alpha value is -1.61. The van der Waals surface area contributed by atoms with Gasteiger partial charge in [-0.25, -0.2) is 0 Å². The van der Waals surface area contributed by atoms with Crippen molar-refractivity contribution < 1.29 is 4.79 Å². The Balaban J connectivity index is 0.00000261. The summed E-state index contributed by atoms with van der Waals surface area (Å²) in [5.41, 5.74) is 1.97. The number of anilines is 1. The van der Waals surface area contributed by atoms with Crippen LogP contribution in [0, 0.1) is 5.92 Å². The van der Waals surface area contributed by atoms with E-state index in [1.165, 1.54) is 17.7 Å². The van der Waals surface area contributed by atoms with Crippen molar-refractivity contribution in [1.82, 2.24) is 10.6 Å². The summed E-state index contributed by atoms with van der Waals surface area (Å²) < 4.78 is 0. The highest BCUT2D eigenvalue weighted by atomic mass is 127. The van der Waals surface area contributed by atoms with Crippen molar-refractivity contribution in [3.8, 4) is 0 Å². The summed E-state index contributed by atoms with van der Waals surface area (Å²) in [6.07, 6.45) is 4.36. The van der Waals surface area contributed by atoms with E-state index in [-0.39, 0.29) is 35.8 Å². The van der Waals surface area contributed by atoms with Crippen LogP contribution in [0.3, 0.4) is 0 Å². The van der Waals surface area contributed by atoms with Gasteiger partial charge in [-0.05, 0) is 42.0 Å². The number of rotatable bonds is 6. The van der Waals surface area contributed by atoms with E-state index in [1.807, 2.05) is 30.3 Å². The van der Waals surface area contributed by atoms with Gasteiger partial charge in [-0.15, -0.1) is 35.3 Å². The zero-order valence-electron chi connectivity index (χ0n) is 15.5. The number of carbonyl (C=O) groups excluding carboxylic acids is 1. The highest BCUT2D eigenvalue weighted by Crippen LogP contribution is 2.26. The summed E-state index contributed by atoms with van der Waals surface area (Å²) >= 11 is 1.72. The predicted octanol–water partition coefficient (Wildman–Crippen LogP) is 4.36. The molecule has 27 heavy (non-hydrogen) atoms. The van der Waals surface area contributed by atoms with E-state index in [2.05, 4.69) is 32.4 Å². The molecule has 2 aromatic rings. The second-order valence-corrected chi connectivity index (χ2v) is 7.56. The quantitative estimate of drug-likeness (QED) is 0.315. The van der Waals surface area contributed by atoms with Crippen molar-refractivity contribution in [2.75, 3.05) is 12.4 Å². The number of carbonyl (C=O) groups is 1. The fourth-order valence-electron chi connectivity index (χ4n) is 3.18. The van der Waals surface area contributed by atoms with Crippen LogP contribution in [0.5, 0.6) is 0 Å². The number of nitrogens with one attached hydrogen (secondary N) is 3. The Morgan fingerprint density at radius 1 is 1.15 bits per heavy atom. The topological polar surface area (TPSA) is 65.5 Å². The average Bonchev–Trinajstić information content (AvgIpc) is 3.36. The van der Waals surface area contributed by atoms with E-state index in [1.54, 1.807) is 18.4 Å². The number of nitrogens with zero attached hydrogens (tertiary/aromatic N) is 1. The Morgan fingerprint density at radius 3 is 2.63 bits per heavy atom. The molecule has 0 spiro atoms. The number of hydrogen-bond donors (Lipinski definition) is 3. The van der Waals surface area contributed by atoms with Crippen LogP contribution in [-0.4, -0.2) is 18.9 Å². The van der Waals surface area contributed by atoms with Crippen LogP contribution in [0.25, 0.3) is 0 Å². The minimum atomic E-state index is 0. The molecule has 5 nitrogen and oxygen atoms in total. The second-order valence-electron chi connectivity index (χ2n) is 6.53. The molecule has 1 aliphatic rings. The third kappa shape index (κ3) is 6.80. The molecule has 1 amide bonds. The first-order valence-corrected chi connectivity index (χ1v) is 9.99. The molecule has 3 N–H and O–H groups in total. The number of hydrogen-bond acceptors (Lipinski definition) is 3. The predicted molar refractivity (Wildman–Crippen MR) is 124 cm³/mol. The molecule has 0 unspecified atom stereocenters. The number of thiophene rings is 1. The average molecular weight is 498 g/mol. The first-order chi connectivity index (χ1) is 12.7. The normalized spacial score (nSPS) is 14.5. The Morgan fingerprint density at radius 2 is 1.93 bits per heavy atom. The standard InChI is InChI=1S/C20H26N4OS.HI/c1-21-20(23-14-18-10-5-11-26-18)22-13-15-6-4-9-17(12-15)24-19(25)16-7-2-3-8-16;/h4-6,9-12,16H,2-3,7-8,13-14H2,1H3,(H,24,25)(H2,21,22,23);1H. The van der Waals surface area contributed by atoms with Crippen molar-refractivity contribution >= 4 is 52.9 Å². The number of halogens is 1. The Bertz CT molecular complexity index is 742. The maximum Gasteiger partial charge on any atom is 0.227 e. The van der Waals surface area contributed by atoms with Crippen molar-refractivity contribution in [2.45, 2.75) is 38.8 Å². The van der Waals surface area contributed by atoms with Crippen LogP contribution < -0.4 is 16.0 Å². The number of aliphatic imine (C=N–C) groups is 1. The number of amides is 1. The van der Waals surface area contributed by atoms with Gasteiger partial charge in [0.2, 0.25) is 5.91 Å². The summed E-state index contributed by atoms with van der Waals surface area (Å²) in [5.74, 6) is 1.09. The highest BCUT2D eigenvalue weighted by molar-refractivity contribution is 14.0. The van der Waals surface area contributed by atoms with Crippen LogP contribution in [0.4, 0.5) is 5.69 Å². The van der Waals surface area contributed by atoms with Crippen LogP contribution >= 0.6 is 35.3 Å². The molecule has 0 atom stereocenters. The second kappa shape index (κ2) is 11.3. The van der Waals surface area contributed by atoms with Gasteiger partial charge in [-0.1, -0.05) is 31.0 Å². The molecule has 7 heteroatoms. The molecule has 0 bridgehead atoms. The van der Waals surface area contributed by atoms with Crippen LogP contribution in [0.1, 0.15) is 36.1 Å². The molecule has 3 rings (SSSR count). The molecule has 146 valence electrons.